The molecule has 0 unspecified atom stereocenters. The molecule has 0 aliphatic rings. The summed E-state index contributed by atoms with van der Waals surface area (Å²) in [5.41, 5.74) is 3.82. The molecule has 1 N–H and O–H groups in total. The van der Waals surface area contributed by atoms with Gasteiger partial charge in [-0.2, -0.15) is 0 Å². The van der Waals surface area contributed by atoms with Crippen LogP contribution in [0.1, 0.15) is 16.7 Å². The highest BCUT2D eigenvalue weighted by Gasteiger charge is 2.14. The Morgan fingerprint density at radius 2 is 1.57 bits per heavy atom. The Kier molecular flexibility index (Phi) is 6.29. The Balaban J connectivity index is 1.87. The Hall–Kier alpha value is -2.89. The summed E-state index contributed by atoms with van der Waals surface area (Å²) in [5, 5.41) is 0. The van der Waals surface area contributed by atoms with Crippen LogP contribution >= 0.6 is 0 Å². The number of aryl methyl sites for hydroxylation is 1. The standard InChI is InChI=1S/C23H23NO3S/c1-18-8-14-23(15-9-18)28(25,26)24-17-21(20-6-4-3-5-7-20)16-19-10-12-22(27-2)13-11-19/h3-16,24H,17H2,1-2H3/b21-16-. The van der Waals surface area contributed by atoms with Gasteiger partial charge < -0.3 is 4.74 Å². The molecule has 0 saturated carbocycles. The molecule has 28 heavy (non-hydrogen) atoms. The summed E-state index contributed by atoms with van der Waals surface area (Å²) >= 11 is 0. The van der Waals surface area contributed by atoms with Gasteiger partial charge in [-0.15, -0.1) is 0 Å². The maximum atomic E-state index is 12.7. The molecule has 3 aromatic rings. The summed E-state index contributed by atoms with van der Waals surface area (Å²) in [6, 6.07) is 24.2. The number of methoxy groups -OCH3 is 1. The zero-order valence-electron chi connectivity index (χ0n) is 15.9. The Morgan fingerprint density at radius 1 is 0.929 bits per heavy atom. The normalized spacial score (nSPS) is 12.0. The lowest BCUT2D eigenvalue weighted by Gasteiger charge is -2.11. The number of benzene rings is 3. The number of sulfonamides is 1. The van der Waals surface area contributed by atoms with E-state index >= 15 is 0 Å². The molecule has 0 radical (unpaired) electrons. The molecule has 0 aliphatic carbocycles. The van der Waals surface area contributed by atoms with Gasteiger partial charge in [0.2, 0.25) is 10.0 Å². The van der Waals surface area contributed by atoms with E-state index in [1.54, 1.807) is 31.4 Å². The topological polar surface area (TPSA) is 55.4 Å². The fraction of sp³-hybridized carbons (Fsp3) is 0.130. The maximum Gasteiger partial charge on any atom is 0.240 e. The van der Waals surface area contributed by atoms with Gasteiger partial charge in [-0.1, -0.05) is 60.2 Å². The minimum Gasteiger partial charge on any atom is -0.497 e. The Bertz CT molecular complexity index is 1040. The molecule has 0 spiro atoms. The van der Waals surface area contributed by atoms with Gasteiger partial charge in [0.05, 0.1) is 12.0 Å². The second-order valence-corrected chi connectivity index (χ2v) is 8.21. The lowest BCUT2D eigenvalue weighted by atomic mass is 10.0. The number of hydrogen-bond donors (Lipinski definition) is 1. The van der Waals surface area contributed by atoms with E-state index in [9.17, 15) is 8.42 Å². The minimum atomic E-state index is -3.59. The van der Waals surface area contributed by atoms with Gasteiger partial charge in [0, 0.05) is 6.54 Å². The van der Waals surface area contributed by atoms with E-state index < -0.39 is 10.0 Å². The molecule has 0 bridgehead atoms. The quantitative estimate of drug-likeness (QED) is 0.601. The first-order chi connectivity index (χ1) is 13.5. The largest absolute Gasteiger partial charge is 0.497 e. The fourth-order valence-electron chi connectivity index (χ4n) is 2.76. The molecule has 3 aromatic carbocycles. The Morgan fingerprint density at radius 3 is 2.18 bits per heavy atom. The number of hydrogen-bond acceptors (Lipinski definition) is 3. The molecule has 3 rings (SSSR count). The highest BCUT2D eigenvalue weighted by atomic mass is 32.2. The summed E-state index contributed by atoms with van der Waals surface area (Å²) in [6.07, 6.45) is 1.98. The summed E-state index contributed by atoms with van der Waals surface area (Å²) in [4.78, 5) is 0.259. The fourth-order valence-corrected chi connectivity index (χ4v) is 3.77. The van der Waals surface area contributed by atoms with Crippen LogP contribution < -0.4 is 9.46 Å². The molecule has 0 aromatic heterocycles. The first-order valence-electron chi connectivity index (χ1n) is 8.94. The molecule has 0 amide bonds. The van der Waals surface area contributed by atoms with Crippen LogP contribution in [0.4, 0.5) is 0 Å². The van der Waals surface area contributed by atoms with Crippen molar-refractivity contribution in [1.29, 1.82) is 0 Å². The van der Waals surface area contributed by atoms with Crippen LogP contribution in [0.15, 0.2) is 83.8 Å². The van der Waals surface area contributed by atoms with Crippen LogP contribution in [-0.2, 0) is 10.0 Å². The van der Waals surface area contributed by atoms with Gasteiger partial charge in [0.15, 0.2) is 0 Å². The molecule has 4 nitrogen and oxygen atoms in total. The maximum absolute atomic E-state index is 12.7. The van der Waals surface area contributed by atoms with Crippen molar-refractivity contribution in [1.82, 2.24) is 4.72 Å². The zero-order chi connectivity index (χ0) is 20.0. The summed E-state index contributed by atoms with van der Waals surface area (Å²) in [7, 11) is -1.97. The van der Waals surface area contributed by atoms with Crippen molar-refractivity contribution < 1.29 is 13.2 Å². The highest BCUT2D eigenvalue weighted by Crippen LogP contribution is 2.20. The van der Waals surface area contributed by atoms with Crippen molar-refractivity contribution in [2.45, 2.75) is 11.8 Å². The van der Waals surface area contributed by atoms with E-state index in [0.29, 0.717) is 0 Å². The monoisotopic (exact) mass is 393 g/mol. The van der Waals surface area contributed by atoms with E-state index in [4.69, 9.17) is 4.74 Å². The number of ether oxygens (including phenoxy) is 1. The van der Waals surface area contributed by atoms with Crippen LogP contribution in [0.3, 0.4) is 0 Å². The van der Waals surface area contributed by atoms with Crippen LogP contribution in [0.25, 0.3) is 11.6 Å². The van der Waals surface area contributed by atoms with Gasteiger partial charge in [0.25, 0.3) is 0 Å². The second-order valence-electron chi connectivity index (χ2n) is 6.45. The summed E-state index contributed by atoms with van der Waals surface area (Å²) in [6.45, 7) is 2.11. The van der Waals surface area contributed by atoms with Crippen molar-refractivity contribution in [2.75, 3.05) is 13.7 Å². The third-order valence-corrected chi connectivity index (χ3v) is 5.80. The van der Waals surface area contributed by atoms with Crippen molar-refractivity contribution in [3.05, 3.63) is 95.6 Å². The predicted molar refractivity (Wildman–Crippen MR) is 114 cm³/mol. The molecular weight excluding hydrogens is 370 g/mol. The van der Waals surface area contributed by atoms with Gasteiger partial charge in [-0.25, -0.2) is 13.1 Å². The van der Waals surface area contributed by atoms with Crippen molar-refractivity contribution in [2.24, 2.45) is 0 Å². The lowest BCUT2D eigenvalue weighted by molar-refractivity contribution is 0.415. The van der Waals surface area contributed by atoms with Gasteiger partial charge >= 0.3 is 0 Å². The van der Waals surface area contributed by atoms with Crippen LogP contribution in [0.5, 0.6) is 5.75 Å². The van der Waals surface area contributed by atoms with Crippen molar-refractivity contribution in [3.8, 4) is 5.75 Å². The average molecular weight is 394 g/mol. The SMILES string of the molecule is COc1ccc(/C=C(/CNS(=O)(=O)c2ccc(C)cc2)c2ccccc2)cc1. The Labute approximate surface area is 166 Å². The van der Waals surface area contributed by atoms with Crippen LogP contribution in [0, 0.1) is 6.92 Å². The second kappa shape index (κ2) is 8.87. The van der Waals surface area contributed by atoms with Gasteiger partial charge in [-0.05, 0) is 54.0 Å². The van der Waals surface area contributed by atoms with Gasteiger partial charge in [-0.3, -0.25) is 0 Å². The molecule has 0 heterocycles. The third kappa shape index (κ3) is 5.09. The van der Waals surface area contributed by atoms with Crippen LogP contribution in [-0.4, -0.2) is 22.1 Å². The zero-order valence-corrected chi connectivity index (χ0v) is 16.7. The first kappa shape index (κ1) is 19.9. The van der Waals surface area contributed by atoms with Crippen molar-refractivity contribution in [3.63, 3.8) is 0 Å². The van der Waals surface area contributed by atoms with E-state index in [1.807, 2.05) is 67.6 Å². The van der Waals surface area contributed by atoms with E-state index in [1.165, 1.54) is 0 Å². The van der Waals surface area contributed by atoms with E-state index in [2.05, 4.69) is 4.72 Å². The summed E-state index contributed by atoms with van der Waals surface area (Å²) in [5.74, 6) is 0.776. The molecule has 5 heteroatoms. The van der Waals surface area contributed by atoms with Crippen molar-refractivity contribution >= 4 is 21.7 Å². The molecule has 0 aliphatic heterocycles. The summed E-state index contributed by atoms with van der Waals surface area (Å²) < 4.78 is 33.2. The predicted octanol–water partition coefficient (Wildman–Crippen LogP) is 4.52. The third-order valence-electron chi connectivity index (χ3n) is 4.39. The molecule has 144 valence electrons. The molecule has 0 atom stereocenters. The smallest absolute Gasteiger partial charge is 0.240 e. The molecule has 0 saturated heterocycles. The van der Waals surface area contributed by atoms with E-state index in [-0.39, 0.29) is 11.4 Å². The highest BCUT2D eigenvalue weighted by molar-refractivity contribution is 7.89. The average Bonchev–Trinajstić information content (AvgIpc) is 2.72. The number of rotatable bonds is 7. The number of nitrogens with one attached hydrogen (secondary N) is 1. The molecular formula is C23H23NO3S. The van der Waals surface area contributed by atoms with Gasteiger partial charge in [0.1, 0.15) is 5.75 Å². The van der Waals surface area contributed by atoms with Crippen LogP contribution in [0.2, 0.25) is 0 Å². The van der Waals surface area contributed by atoms with E-state index in [0.717, 1.165) is 28.0 Å². The molecule has 0 fully saturated rings. The lowest BCUT2D eigenvalue weighted by Crippen LogP contribution is -2.25. The minimum absolute atomic E-state index is 0.187. The first-order valence-corrected chi connectivity index (χ1v) is 10.4.